The summed E-state index contributed by atoms with van der Waals surface area (Å²) >= 11 is 0. The highest BCUT2D eigenvalue weighted by atomic mass is 32.2. The van der Waals surface area contributed by atoms with E-state index in [9.17, 15) is 13.2 Å². The third kappa shape index (κ3) is 12.8. The Labute approximate surface area is 178 Å². The zero-order valence-electron chi connectivity index (χ0n) is 17.8. The maximum Gasteiger partial charge on any atom is 0.337 e. The summed E-state index contributed by atoms with van der Waals surface area (Å²) in [6.45, 7) is 7.29. The van der Waals surface area contributed by atoms with E-state index in [1.165, 1.54) is 0 Å². The maximum atomic E-state index is 11.9. The van der Waals surface area contributed by atoms with Crippen LogP contribution >= 0.6 is 0 Å². The first-order chi connectivity index (χ1) is 14.4. The first kappa shape index (κ1) is 26.3. The van der Waals surface area contributed by atoms with Gasteiger partial charge in [0.05, 0.1) is 45.9 Å². The van der Waals surface area contributed by atoms with Gasteiger partial charge >= 0.3 is 5.97 Å². The van der Waals surface area contributed by atoms with Crippen LogP contribution in [0.3, 0.4) is 0 Å². The van der Waals surface area contributed by atoms with Crippen LogP contribution in [0.4, 0.5) is 0 Å². The molecule has 0 saturated carbocycles. The van der Waals surface area contributed by atoms with Crippen molar-refractivity contribution in [2.75, 3.05) is 59.1 Å². The van der Waals surface area contributed by atoms with Crippen LogP contribution in [0, 0.1) is 0 Å². The monoisotopic (exact) mass is 448 g/mol. The molecule has 30 heavy (non-hydrogen) atoms. The maximum absolute atomic E-state index is 11.9. The summed E-state index contributed by atoms with van der Waals surface area (Å²) in [5.41, 5.74) is 0.713. The number of benzene rings is 1. The van der Waals surface area contributed by atoms with Gasteiger partial charge in [-0.25, -0.2) is 4.79 Å². The van der Waals surface area contributed by atoms with E-state index in [0.717, 1.165) is 6.26 Å². The van der Waals surface area contributed by atoms with E-state index in [2.05, 4.69) is 0 Å². The second-order valence-corrected chi connectivity index (χ2v) is 7.76. The fourth-order valence-electron chi connectivity index (χ4n) is 2.34. The highest BCUT2D eigenvalue weighted by molar-refractivity contribution is 7.86. The Morgan fingerprint density at radius 2 is 1.43 bits per heavy atom. The fourth-order valence-corrected chi connectivity index (χ4v) is 2.91. The first-order valence-corrected chi connectivity index (χ1v) is 11.7. The van der Waals surface area contributed by atoms with Gasteiger partial charge < -0.3 is 23.7 Å². The highest BCUT2D eigenvalue weighted by Gasteiger charge is 2.25. The number of rotatable bonds is 17. The summed E-state index contributed by atoms with van der Waals surface area (Å²) in [7, 11) is -3.80. The first-order valence-electron chi connectivity index (χ1n) is 9.85. The molecule has 0 aliphatic rings. The van der Waals surface area contributed by atoms with Crippen LogP contribution in [0.1, 0.15) is 19.4 Å². The average molecular weight is 449 g/mol. The molecule has 10 heteroatoms. The van der Waals surface area contributed by atoms with Crippen LogP contribution in [0.15, 0.2) is 24.3 Å². The Bertz CT molecular complexity index is 689. The Kier molecular flexibility index (Phi) is 13.3. The van der Waals surface area contributed by atoms with Crippen LogP contribution in [-0.4, -0.2) is 79.6 Å². The quantitative estimate of drug-likeness (QED) is 0.199. The van der Waals surface area contributed by atoms with E-state index in [1.54, 1.807) is 31.2 Å². The molecule has 0 saturated heterocycles. The number of hydrogen-bond donors (Lipinski definition) is 0. The molecule has 0 spiro atoms. The number of carbonyl (C=O) groups excluding carboxylic acids is 1. The van der Waals surface area contributed by atoms with E-state index < -0.39 is 22.2 Å². The summed E-state index contributed by atoms with van der Waals surface area (Å²) in [6.07, 6.45) is -0.264. The molecule has 1 atom stereocenters. The van der Waals surface area contributed by atoms with Crippen molar-refractivity contribution in [2.45, 2.75) is 26.4 Å². The number of ether oxygens (including phenoxy) is 5. The minimum Gasteiger partial charge on any atom is -0.491 e. The molecular formula is C20H32O9S. The number of esters is 1. The van der Waals surface area contributed by atoms with Gasteiger partial charge in [0.15, 0.2) is 6.10 Å². The summed E-state index contributed by atoms with van der Waals surface area (Å²) in [5.74, 6) is -0.0886. The van der Waals surface area contributed by atoms with Crippen molar-refractivity contribution < 1.29 is 41.1 Å². The van der Waals surface area contributed by atoms with Gasteiger partial charge in [-0.2, -0.15) is 8.42 Å². The Hall–Kier alpha value is -1.72. The van der Waals surface area contributed by atoms with Crippen molar-refractivity contribution in [2.24, 2.45) is 0 Å². The lowest BCUT2D eigenvalue weighted by atomic mass is 10.1. The minimum atomic E-state index is -3.80. The lowest BCUT2D eigenvalue weighted by molar-refractivity contribution is -0.151. The van der Waals surface area contributed by atoms with E-state index >= 15 is 0 Å². The third-order valence-corrected chi connectivity index (χ3v) is 4.21. The van der Waals surface area contributed by atoms with Gasteiger partial charge in [-0.05, 0) is 31.5 Å². The van der Waals surface area contributed by atoms with Crippen LogP contribution in [0.2, 0.25) is 0 Å². The van der Waals surface area contributed by atoms with Gasteiger partial charge in [0, 0.05) is 13.0 Å². The van der Waals surface area contributed by atoms with Gasteiger partial charge in [-0.3, -0.25) is 4.18 Å². The number of carbonyl (C=O) groups is 1. The molecule has 0 N–H and O–H groups in total. The number of hydrogen-bond acceptors (Lipinski definition) is 9. The van der Waals surface area contributed by atoms with E-state index in [4.69, 9.17) is 27.9 Å². The highest BCUT2D eigenvalue weighted by Crippen LogP contribution is 2.16. The zero-order chi connectivity index (χ0) is 22.2. The summed E-state index contributed by atoms with van der Waals surface area (Å²) in [5, 5.41) is 0. The molecule has 0 fully saturated rings. The summed E-state index contributed by atoms with van der Waals surface area (Å²) in [4.78, 5) is 11.9. The van der Waals surface area contributed by atoms with Crippen LogP contribution < -0.4 is 4.74 Å². The average Bonchev–Trinajstić information content (AvgIpc) is 2.69. The van der Waals surface area contributed by atoms with Crippen LogP contribution in [-0.2, 0) is 44.5 Å². The van der Waals surface area contributed by atoms with Gasteiger partial charge in [0.25, 0.3) is 10.1 Å². The van der Waals surface area contributed by atoms with Crippen molar-refractivity contribution >= 4 is 16.1 Å². The minimum absolute atomic E-state index is 0.0680. The molecule has 1 rings (SSSR count). The standard InChI is InChI=1S/C20H32O9S/c1-4-24-10-11-25-12-13-26-14-15-28-18-8-6-17(7-9-18)16-19(20(21)27-5-2)29-30(3,22)23/h6-9,19H,4-5,10-16H2,1-3H3. The van der Waals surface area contributed by atoms with Crippen molar-refractivity contribution in [3.63, 3.8) is 0 Å². The molecule has 0 aromatic heterocycles. The Morgan fingerprint density at radius 3 is 1.97 bits per heavy atom. The topological polar surface area (TPSA) is 107 Å². The van der Waals surface area contributed by atoms with Crippen molar-refractivity contribution in [3.05, 3.63) is 29.8 Å². The van der Waals surface area contributed by atoms with Gasteiger partial charge in [-0.15, -0.1) is 0 Å². The van der Waals surface area contributed by atoms with E-state index in [0.29, 0.717) is 57.6 Å². The van der Waals surface area contributed by atoms with Crippen LogP contribution in [0.5, 0.6) is 5.75 Å². The smallest absolute Gasteiger partial charge is 0.337 e. The van der Waals surface area contributed by atoms with Crippen molar-refractivity contribution in [3.8, 4) is 5.75 Å². The molecule has 0 radical (unpaired) electrons. The molecule has 0 amide bonds. The fraction of sp³-hybridized carbons (Fsp3) is 0.650. The predicted octanol–water partition coefficient (Wildman–Crippen LogP) is 1.59. The lowest BCUT2D eigenvalue weighted by Gasteiger charge is -2.15. The predicted molar refractivity (Wildman–Crippen MR) is 110 cm³/mol. The summed E-state index contributed by atoms with van der Waals surface area (Å²) < 4.78 is 54.0. The van der Waals surface area contributed by atoms with E-state index in [1.807, 2.05) is 6.92 Å². The largest absolute Gasteiger partial charge is 0.491 e. The molecule has 1 unspecified atom stereocenters. The zero-order valence-corrected chi connectivity index (χ0v) is 18.6. The lowest BCUT2D eigenvalue weighted by Crippen LogP contribution is -2.31. The van der Waals surface area contributed by atoms with Gasteiger partial charge in [-0.1, -0.05) is 12.1 Å². The molecule has 0 aliphatic heterocycles. The van der Waals surface area contributed by atoms with Crippen molar-refractivity contribution in [1.29, 1.82) is 0 Å². The third-order valence-electron chi connectivity index (χ3n) is 3.63. The van der Waals surface area contributed by atoms with Gasteiger partial charge in [0.2, 0.25) is 0 Å². The molecular weight excluding hydrogens is 416 g/mol. The molecule has 1 aromatic carbocycles. The van der Waals surface area contributed by atoms with Crippen LogP contribution in [0.25, 0.3) is 0 Å². The molecule has 0 heterocycles. The van der Waals surface area contributed by atoms with Gasteiger partial charge in [0.1, 0.15) is 12.4 Å². The Balaban J connectivity index is 2.33. The molecule has 0 bridgehead atoms. The SMILES string of the molecule is CCOCCOCCOCCOc1ccc(CC(OS(C)(=O)=O)C(=O)OCC)cc1. The van der Waals surface area contributed by atoms with Crippen molar-refractivity contribution in [1.82, 2.24) is 0 Å². The summed E-state index contributed by atoms with van der Waals surface area (Å²) in [6, 6.07) is 6.93. The molecule has 0 aliphatic carbocycles. The Morgan fingerprint density at radius 1 is 0.867 bits per heavy atom. The molecule has 9 nitrogen and oxygen atoms in total. The molecule has 172 valence electrons. The normalized spacial score (nSPS) is 12.5. The van der Waals surface area contributed by atoms with E-state index in [-0.39, 0.29) is 13.0 Å². The second-order valence-electron chi connectivity index (χ2n) is 6.16. The molecule has 1 aromatic rings. The second kappa shape index (κ2) is 15.1.